The summed E-state index contributed by atoms with van der Waals surface area (Å²) in [6, 6.07) is 12.8. The Bertz CT molecular complexity index is 709. The molecule has 0 radical (unpaired) electrons. The first-order valence-corrected chi connectivity index (χ1v) is 6.55. The van der Waals surface area contributed by atoms with Crippen LogP contribution in [0.1, 0.15) is 26.3 Å². The summed E-state index contributed by atoms with van der Waals surface area (Å²) in [7, 11) is 1.54. The van der Waals surface area contributed by atoms with Crippen molar-refractivity contribution in [2.45, 2.75) is 0 Å². The second-order valence-corrected chi connectivity index (χ2v) is 4.41. The van der Waals surface area contributed by atoms with Crippen molar-refractivity contribution in [3.8, 4) is 5.75 Å². The van der Waals surface area contributed by atoms with Crippen molar-refractivity contribution in [1.82, 2.24) is 10.7 Å². The van der Waals surface area contributed by atoms with Gasteiger partial charge in [-0.3, -0.25) is 9.59 Å². The molecule has 0 heterocycles. The van der Waals surface area contributed by atoms with Gasteiger partial charge in [-0.1, -0.05) is 12.1 Å². The number of rotatable bonds is 4. The topological polar surface area (TPSA) is 90.8 Å². The van der Waals surface area contributed by atoms with Crippen molar-refractivity contribution in [1.29, 1.82) is 0 Å². The van der Waals surface area contributed by atoms with Crippen molar-refractivity contribution >= 4 is 18.0 Å². The number of hydrogen-bond acceptors (Lipinski definition) is 4. The maximum absolute atomic E-state index is 11.9. The average Bonchev–Trinajstić information content (AvgIpc) is 2.56. The highest BCUT2D eigenvalue weighted by atomic mass is 16.3. The normalized spacial score (nSPS) is 10.4. The molecule has 3 N–H and O–H groups in total. The van der Waals surface area contributed by atoms with E-state index in [-0.39, 0.29) is 11.7 Å². The van der Waals surface area contributed by atoms with Crippen LogP contribution < -0.4 is 10.7 Å². The van der Waals surface area contributed by atoms with Gasteiger partial charge < -0.3 is 10.4 Å². The molecular formula is C16H15N3O3. The summed E-state index contributed by atoms with van der Waals surface area (Å²) < 4.78 is 0. The fourth-order valence-electron chi connectivity index (χ4n) is 1.74. The minimum atomic E-state index is -0.407. The second-order valence-electron chi connectivity index (χ2n) is 4.41. The third-order valence-electron chi connectivity index (χ3n) is 2.94. The second kappa shape index (κ2) is 7.03. The number of nitrogens with zero attached hydrogens (tertiary/aromatic N) is 1. The van der Waals surface area contributed by atoms with Gasteiger partial charge in [-0.05, 0) is 36.4 Å². The Morgan fingerprint density at radius 3 is 2.18 bits per heavy atom. The zero-order valence-corrected chi connectivity index (χ0v) is 11.9. The SMILES string of the molecule is CNC(=O)c1ccc(C(=O)N/N=C/c2ccccc2O)cc1. The lowest BCUT2D eigenvalue weighted by molar-refractivity contribution is 0.0946. The molecule has 0 aliphatic heterocycles. The molecule has 0 bridgehead atoms. The first-order chi connectivity index (χ1) is 10.6. The lowest BCUT2D eigenvalue weighted by Crippen LogP contribution is -2.19. The van der Waals surface area contributed by atoms with E-state index < -0.39 is 5.91 Å². The van der Waals surface area contributed by atoms with Crippen molar-refractivity contribution in [2.75, 3.05) is 7.05 Å². The molecule has 0 spiro atoms. The molecule has 0 aliphatic carbocycles. The van der Waals surface area contributed by atoms with Gasteiger partial charge in [0.15, 0.2) is 0 Å². The third-order valence-corrected chi connectivity index (χ3v) is 2.94. The van der Waals surface area contributed by atoms with Crippen molar-refractivity contribution < 1.29 is 14.7 Å². The van der Waals surface area contributed by atoms with E-state index in [1.165, 1.54) is 31.5 Å². The number of carbonyl (C=O) groups is 2. The molecule has 0 aliphatic rings. The summed E-state index contributed by atoms with van der Waals surface area (Å²) in [4.78, 5) is 23.3. The number of amides is 2. The van der Waals surface area contributed by atoms with Crippen LogP contribution in [0.2, 0.25) is 0 Å². The molecule has 22 heavy (non-hydrogen) atoms. The van der Waals surface area contributed by atoms with Gasteiger partial charge in [-0.25, -0.2) is 5.43 Å². The number of carbonyl (C=O) groups excluding carboxylic acids is 2. The predicted octanol–water partition coefficient (Wildman–Crippen LogP) is 1.52. The number of para-hydroxylation sites is 1. The van der Waals surface area contributed by atoms with Crippen molar-refractivity contribution in [3.63, 3.8) is 0 Å². The Hall–Kier alpha value is -3.15. The average molecular weight is 297 g/mol. The summed E-state index contributed by atoms with van der Waals surface area (Å²) >= 11 is 0. The van der Waals surface area contributed by atoms with Crippen LogP contribution in [0.4, 0.5) is 0 Å². The Morgan fingerprint density at radius 2 is 1.59 bits per heavy atom. The monoisotopic (exact) mass is 297 g/mol. The van der Waals surface area contributed by atoms with Crippen LogP contribution in [0.15, 0.2) is 53.6 Å². The molecule has 0 saturated heterocycles. The molecule has 6 nitrogen and oxygen atoms in total. The number of phenolic OH excluding ortho intramolecular Hbond substituents is 1. The zero-order valence-electron chi connectivity index (χ0n) is 11.9. The predicted molar refractivity (Wildman–Crippen MR) is 83.0 cm³/mol. The fourth-order valence-corrected chi connectivity index (χ4v) is 1.74. The molecule has 0 unspecified atom stereocenters. The van der Waals surface area contributed by atoms with E-state index in [2.05, 4.69) is 15.8 Å². The van der Waals surface area contributed by atoms with Crippen LogP contribution in [0.25, 0.3) is 0 Å². The lowest BCUT2D eigenvalue weighted by atomic mass is 10.1. The highest BCUT2D eigenvalue weighted by Crippen LogP contribution is 2.12. The summed E-state index contributed by atoms with van der Waals surface area (Å²) in [5, 5.41) is 15.8. The molecule has 2 aromatic rings. The van der Waals surface area contributed by atoms with Crippen LogP contribution in [0, 0.1) is 0 Å². The first-order valence-electron chi connectivity index (χ1n) is 6.55. The fraction of sp³-hybridized carbons (Fsp3) is 0.0625. The van der Waals surface area contributed by atoms with Crippen LogP contribution in [0.5, 0.6) is 5.75 Å². The Labute approximate surface area is 127 Å². The minimum Gasteiger partial charge on any atom is -0.507 e. The molecule has 2 aromatic carbocycles. The maximum Gasteiger partial charge on any atom is 0.271 e. The molecule has 0 saturated carbocycles. The Morgan fingerprint density at radius 1 is 1.00 bits per heavy atom. The minimum absolute atomic E-state index is 0.0791. The Balaban J connectivity index is 2.01. The van der Waals surface area contributed by atoms with E-state index in [1.807, 2.05) is 0 Å². The molecule has 6 heteroatoms. The standard InChI is InChI=1S/C16H15N3O3/c1-17-15(21)11-6-8-12(9-7-11)16(22)19-18-10-13-4-2-3-5-14(13)20/h2-10,20H,1H3,(H,17,21)(H,19,22)/b18-10+. The van der Waals surface area contributed by atoms with Gasteiger partial charge in [0.05, 0.1) is 6.21 Å². The molecular weight excluding hydrogens is 282 g/mol. The first kappa shape index (κ1) is 15.2. The van der Waals surface area contributed by atoms with E-state index in [1.54, 1.807) is 30.3 Å². The summed E-state index contributed by atoms with van der Waals surface area (Å²) in [5.74, 6) is -0.546. The number of aromatic hydroxyl groups is 1. The summed E-state index contributed by atoms with van der Waals surface area (Å²) in [5.41, 5.74) is 3.70. The number of hydrazone groups is 1. The molecule has 0 fully saturated rings. The smallest absolute Gasteiger partial charge is 0.271 e. The molecule has 2 rings (SSSR count). The highest BCUT2D eigenvalue weighted by molar-refractivity contribution is 5.98. The van der Waals surface area contributed by atoms with Gasteiger partial charge in [0.2, 0.25) is 0 Å². The number of nitrogens with one attached hydrogen (secondary N) is 2. The van der Waals surface area contributed by atoms with Crippen molar-refractivity contribution in [2.24, 2.45) is 5.10 Å². The van der Waals surface area contributed by atoms with Gasteiger partial charge in [0, 0.05) is 23.7 Å². The molecule has 2 amide bonds. The number of benzene rings is 2. The van der Waals surface area contributed by atoms with Gasteiger partial charge in [-0.2, -0.15) is 5.10 Å². The Kier molecular flexibility index (Phi) is 4.87. The van der Waals surface area contributed by atoms with Crippen LogP contribution >= 0.6 is 0 Å². The van der Waals surface area contributed by atoms with Gasteiger partial charge in [0.25, 0.3) is 11.8 Å². The van der Waals surface area contributed by atoms with E-state index in [0.717, 1.165) is 0 Å². The summed E-state index contributed by atoms with van der Waals surface area (Å²) in [6.45, 7) is 0. The van der Waals surface area contributed by atoms with Crippen LogP contribution in [-0.2, 0) is 0 Å². The largest absolute Gasteiger partial charge is 0.507 e. The van der Waals surface area contributed by atoms with Gasteiger partial charge >= 0.3 is 0 Å². The van der Waals surface area contributed by atoms with Crippen LogP contribution in [-0.4, -0.2) is 30.2 Å². The lowest BCUT2D eigenvalue weighted by Gasteiger charge is -2.02. The van der Waals surface area contributed by atoms with Crippen molar-refractivity contribution in [3.05, 3.63) is 65.2 Å². The molecule has 112 valence electrons. The van der Waals surface area contributed by atoms with Gasteiger partial charge in [0.1, 0.15) is 5.75 Å². The summed E-state index contributed by atoms with van der Waals surface area (Å²) in [6.07, 6.45) is 1.35. The van der Waals surface area contributed by atoms with E-state index in [9.17, 15) is 14.7 Å². The quantitative estimate of drug-likeness (QED) is 0.590. The third kappa shape index (κ3) is 3.69. The van der Waals surface area contributed by atoms with E-state index in [4.69, 9.17) is 0 Å². The van der Waals surface area contributed by atoms with Gasteiger partial charge in [-0.15, -0.1) is 0 Å². The van der Waals surface area contributed by atoms with E-state index in [0.29, 0.717) is 16.7 Å². The number of hydrogen-bond donors (Lipinski definition) is 3. The van der Waals surface area contributed by atoms with E-state index >= 15 is 0 Å². The number of phenols is 1. The maximum atomic E-state index is 11.9. The molecule has 0 atom stereocenters. The molecule has 0 aromatic heterocycles. The van der Waals surface area contributed by atoms with Crippen LogP contribution in [0.3, 0.4) is 0 Å². The highest BCUT2D eigenvalue weighted by Gasteiger charge is 2.07. The zero-order chi connectivity index (χ0) is 15.9.